The lowest BCUT2D eigenvalue weighted by Gasteiger charge is -2.07. The van der Waals surface area contributed by atoms with Crippen molar-refractivity contribution in [1.29, 1.82) is 0 Å². The average molecular weight is 417 g/mol. The molecule has 31 heavy (non-hydrogen) atoms. The van der Waals surface area contributed by atoms with E-state index in [0.717, 1.165) is 22.2 Å². The highest BCUT2D eigenvalue weighted by Gasteiger charge is 2.17. The molecule has 0 fully saturated rings. The van der Waals surface area contributed by atoms with Crippen molar-refractivity contribution in [1.82, 2.24) is 20.4 Å². The van der Waals surface area contributed by atoms with Crippen LogP contribution in [0, 0.1) is 0 Å². The summed E-state index contributed by atoms with van der Waals surface area (Å²) in [5, 5.41) is 10.1. The van der Waals surface area contributed by atoms with Crippen molar-refractivity contribution in [2.75, 3.05) is 12.4 Å². The lowest BCUT2D eigenvalue weighted by Crippen LogP contribution is -2.23. The van der Waals surface area contributed by atoms with Crippen LogP contribution >= 0.6 is 0 Å². The normalized spacial score (nSPS) is 10.6. The number of fused-ring (bicyclic) bond motifs is 1. The Hall–Kier alpha value is -4.27. The highest BCUT2D eigenvalue weighted by Crippen LogP contribution is 2.21. The number of pyridine rings is 1. The molecule has 0 bridgehead atoms. The minimum Gasteiger partial charge on any atom is -0.497 e. The van der Waals surface area contributed by atoms with E-state index in [2.05, 4.69) is 25.8 Å². The maximum atomic E-state index is 12.4. The lowest BCUT2D eigenvalue weighted by atomic mass is 10.2. The maximum Gasteiger partial charge on any atom is 0.315 e. The summed E-state index contributed by atoms with van der Waals surface area (Å²) >= 11 is 0. The number of nitrogens with one attached hydrogen (secondary N) is 2. The highest BCUT2D eigenvalue weighted by atomic mass is 16.5. The largest absolute Gasteiger partial charge is 0.497 e. The molecule has 2 aromatic heterocycles. The Morgan fingerprint density at radius 1 is 1.06 bits per heavy atom. The number of carbonyl (C=O) groups excluding carboxylic acids is 2. The van der Waals surface area contributed by atoms with Crippen LogP contribution in [0.3, 0.4) is 0 Å². The molecule has 0 saturated carbocycles. The first-order valence-corrected chi connectivity index (χ1v) is 9.49. The van der Waals surface area contributed by atoms with Crippen LogP contribution in [0.25, 0.3) is 10.9 Å². The fourth-order valence-electron chi connectivity index (χ4n) is 2.97. The van der Waals surface area contributed by atoms with Gasteiger partial charge in [-0.1, -0.05) is 23.4 Å². The fourth-order valence-corrected chi connectivity index (χ4v) is 2.97. The average Bonchev–Trinajstić information content (AvgIpc) is 3.26. The molecule has 4 rings (SSSR count). The SMILES string of the molecule is COc1ccc(CNC(=O)c2nc(CC(=O)Nc3cccc4ncccc34)no2)cc1. The summed E-state index contributed by atoms with van der Waals surface area (Å²) in [4.78, 5) is 32.9. The third-order valence-corrected chi connectivity index (χ3v) is 4.51. The van der Waals surface area contributed by atoms with E-state index in [4.69, 9.17) is 9.26 Å². The number of carbonyl (C=O) groups is 2. The van der Waals surface area contributed by atoms with Crippen LogP contribution in [0.5, 0.6) is 5.75 Å². The van der Waals surface area contributed by atoms with Gasteiger partial charge in [0.05, 0.1) is 24.7 Å². The number of ether oxygens (including phenoxy) is 1. The van der Waals surface area contributed by atoms with E-state index in [1.165, 1.54) is 0 Å². The van der Waals surface area contributed by atoms with Crippen molar-refractivity contribution in [3.05, 3.63) is 78.1 Å². The number of rotatable bonds is 7. The van der Waals surface area contributed by atoms with Crippen LogP contribution in [0.15, 0.2) is 65.3 Å². The van der Waals surface area contributed by atoms with E-state index < -0.39 is 5.91 Å². The highest BCUT2D eigenvalue weighted by molar-refractivity contribution is 6.01. The maximum absolute atomic E-state index is 12.4. The standard InChI is InChI=1S/C22H19N5O4/c1-30-15-9-7-14(8-10-15)13-24-21(29)22-26-19(27-31-22)12-20(28)25-18-6-2-5-17-16(18)4-3-11-23-17/h2-11H,12-13H2,1H3,(H,24,29)(H,25,28). The van der Waals surface area contributed by atoms with Crippen molar-refractivity contribution in [3.8, 4) is 5.75 Å². The molecule has 0 spiro atoms. The molecule has 0 radical (unpaired) electrons. The zero-order valence-electron chi connectivity index (χ0n) is 16.7. The van der Waals surface area contributed by atoms with E-state index in [1.807, 2.05) is 30.3 Å². The van der Waals surface area contributed by atoms with Crippen molar-refractivity contribution < 1.29 is 18.8 Å². The molecule has 0 saturated heterocycles. The van der Waals surface area contributed by atoms with Crippen molar-refractivity contribution in [3.63, 3.8) is 0 Å². The Kier molecular flexibility index (Phi) is 5.84. The molecule has 2 heterocycles. The van der Waals surface area contributed by atoms with Crippen molar-refractivity contribution in [2.24, 2.45) is 0 Å². The Balaban J connectivity index is 1.34. The van der Waals surface area contributed by atoms with E-state index in [1.54, 1.807) is 37.6 Å². The Bertz CT molecular complexity index is 1210. The van der Waals surface area contributed by atoms with Crippen LogP contribution in [0.4, 0.5) is 5.69 Å². The van der Waals surface area contributed by atoms with E-state index in [0.29, 0.717) is 5.69 Å². The summed E-state index contributed by atoms with van der Waals surface area (Å²) < 4.78 is 10.1. The zero-order valence-corrected chi connectivity index (χ0v) is 16.7. The zero-order chi connectivity index (χ0) is 21.6. The molecule has 0 aliphatic carbocycles. The van der Waals surface area contributed by atoms with Gasteiger partial charge in [-0.25, -0.2) is 0 Å². The molecular weight excluding hydrogens is 398 g/mol. The molecule has 2 N–H and O–H groups in total. The van der Waals surface area contributed by atoms with Gasteiger partial charge in [0.25, 0.3) is 0 Å². The van der Waals surface area contributed by atoms with Gasteiger partial charge in [-0.2, -0.15) is 4.98 Å². The Morgan fingerprint density at radius 3 is 2.71 bits per heavy atom. The van der Waals surface area contributed by atoms with Crippen LogP contribution < -0.4 is 15.4 Å². The molecule has 4 aromatic rings. The van der Waals surface area contributed by atoms with E-state index in [-0.39, 0.29) is 30.6 Å². The molecule has 2 amide bonds. The second kappa shape index (κ2) is 9.04. The van der Waals surface area contributed by atoms with Gasteiger partial charge in [0, 0.05) is 18.1 Å². The number of hydrogen-bond acceptors (Lipinski definition) is 7. The van der Waals surface area contributed by atoms with Crippen LogP contribution in [-0.4, -0.2) is 34.0 Å². The van der Waals surface area contributed by atoms with Crippen LogP contribution in [0.2, 0.25) is 0 Å². The number of methoxy groups -OCH3 is 1. The summed E-state index contributed by atoms with van der Waals surface area (Å²) in [6, 6.07) is 16.4. The molecule has 0 aliphatic rings. The minimum absolute atomic E-state index is 0.116. The molecular formula is C22H19N5O4. The van der Waals surface area contributed by atoms with Gasteiger partial charge in [0.15, 0.2) is 5.82 Å². The predicted octanol–water partition coefficient (Wildman–Crippen LogP) is 2.74. The first-order chi connectivity index (χ1) is 15.1. The van der Waals surface area contributed by atoms with E-state index in [9.17, 15) is 9.59 Å². The first-order valence-electron chi connectivity index (χ1n) is 9.49. The van der Waals surface area contributed by atoms with Gasteiger partial charge in [-0.3, -0.25) is 14.6 Å². The Morgan fingerprint density at radius 2 is 1.90 bits per heavy atom. The number of aromatic nitrogens is 3. The van der Waals surface area contributed by atoms with Gasteiger partial charge in [-0.05, 0) is 42.0 Å². The molecule has 156 valence electrons. The van der Waals surface area contributed by atoms with Crippen LogP contribution in [0.1, 0.15) is 22.1 Å². The molecule has 0 unspecified atom stereocenters. The summed E-state index contributed by atoms with van der Waals surface area (Å²) in [5.41, 5.74) is 2.30. The molecule has 0 aliphatic heterocycles. The smallest absolute Gasteiger partial charge is 0.315 e. The number of benzene rings is 2. The van der Waals surface area contributed by atoms with Gasteiger partial charge in [0.1, 0.15) is 5.75 Å². The first kappa shape index (κ1) is 20.0. The molecule has 2 aromatic carbocycles. The lowest BCUT2D eigenvalue weighted by molar-refractivity contribution is -0.115. The second-order valence-corrected chi connectivity index (χ2v) is 6.65. The Labute approximate surface area is 177 Å². The predicted molar refractivity (Wildman–Crippen MR) is 113 cm³/mol. The summed E-state index contributed by atoms with van der Waals surface area (Å²) in [6.45, 7) is 0.288. The molecule has 9 nitrogen and oxygen atoms in total. The summed E-state index contributed by atoms with van der Waals surface area (Å²) in [5.74, 6) is -0.205. The minimum atomic E-state index is -0.518. The monoisotopic (exact) mass is 417 g/mol. The van der Waals surface area contributed by atoms with Gasteiger partial charge < -0.3 is 19.9 Å². The van der Waals surface area contributed by atoms with Gasteiger partial charge in [-0.15, -0.1) is 0 Å². The molecule has 0 atom stereocenters. The second-order valence-electron chi connectivity index (χ2n) is 6.65. The van der Waals surface area contributed by atoms with Crippen molar-refractivity contribution in [2.45, 2.75) is 13.0 Å². The van der Waals surface area contributed by atoms with E-state index >= 15 is 0 Å². The third-order valence-electron chi connectivity index (χ3n) is 4.51. The van der Waals surface area contributed by atoms with Gasteiger partial charge >= 0.3 is 11.8 Å². The quantitative estimate of drug-likeness (QED) is 0.474. The third kappa shape index (κ3) is 4.84. The number of hydrogen-bond donors (Lipinski definition) is 2. The fraction of sp³-hybridized carbons (Fsp3) is 0.136. The topological polar surface area (TPSA) is 119 Å². The number of nitrogens with zero attached hydrogens (tertiary/aromatic N) is 3. The number of amides is 2. The summed E-state index contributed by atoms with van der Waals surface area (Å²) in [6.07, 6.45) is 1.56. The van der Waals surface area contributed by atoms with Crippen LogP contribution in [-0.2, 0) is 17.8 Å². The van der Waals surface area contributed by atoms with Crippen molar-refractivity contribution >= 4 is 28.4 Å². The molecule has 9 heteroatoms. The summed E-state index contributed by atoms with van der Waals surface area (Å²) in [7, 11) is 1.59. The number of anilines is 1. The van der Waals surface area contributed by atoms with Gasteiger partial charge in [0.2, 0.25) is 5.91 Å².